The molecule has 0 bridgehead atoms. The lowest BCUT2D eigenvalue weighted by atomic mass is 10.0. The van der Waals surface area contributed by atoms with Crippen LogP contribution in [0.5, 0.6) is 0 Å². The SMILES string of the molecule is C[C@@H]1CN(c2ncc(F)c(Nc3cc(-c4ccc(C(C)(F)F)cc4)c[nH]c3=O)n2)C[C@H](C)O1. The molecular formula is C23H24F3N5O2. The van der Waals surface area contributed by atoms with Crippen molar-refractivity contribution in [1.29, 1.82) is 0 Å². The van der Waals surface area contributed by atoms with E-state index >= 15 is 0 Å². The number of nitrogens with zero attached hydrogens (tertiary/aromatic N) is 3. The Bertz CT molecular complexity index is 1180. The molecule has 33 heavy (non-hydrogen) atoms. The Morgan fingerprint density at radius 2 is 1.82 bits per heavy atom. The quantitative estimate of drug-likeness (QED) is 0.587. The van der Waals surface area contributed by atoms with E-state index in [4.69, 9.17) is 4.74 Å². The Morgan fingerprint density at radius 1 is 1.15 bits per heavy atom. The number of hydrogen-bond donors (Lipinski definition) is 2. The van der Waals surface area contributed by atoms with Gasteiger partial charge in [-0.25, -0.2) is 18.2 Å². The van der Waals surface area contributed by atoms with Crippen LogP contribution in [0.4, 0.5) is 30.6 Å². The van der Waals surface area contributed by atoms with Gasteiger partial charge in [-0.3, -0.25) is 4.79 Å². The number of halogens is 3. The fourth-order valence-electron chi connectivity index (χ4n) is 3.77. The monoisotopic (exact) mass is 459 g/mol. The van der Waals surface area contributed by atoms with Crippen molar-refractivity contribution in [3.05, 3.63) is 64.5 Å². The van der Waals surface area contributed by atoms with Gasteiger partial charge in [0.05, 0.1) is 18.4 Å². The summed E-state index contributed by atoms with van der Waals surface area (Å²) in [7, 11) is 0. The third-order valence-corrected chi connectivity index (χ3v) is 5.32. The van der Waals surface area contributed by atoms with E-state index in [2.05, 4.69) is 20.3 Å². The second-order valence-electron chi connectivity index (χ2n) is 8.25. The molecular weight excluding hydrogens is 435 g/mol. The second-order valence-corrected chi connectivity index (χ2v) is 8.25. The highest BCUT2D eigenvalue weighted by molar-refractivity contribution is 5.69. The summed E-state index contributed by atoms with van der Waals surface area (Å²) in [6, 6.07) is 7.24. The fourth-order valence-corrected chi connectivity index (χ4v) is 3.77. The molecule has 0 spiro atoms. The minimum Gasteiger partial charge on any atom is -0.372 e. The maximum absolute atomic E-state index is 14.5. The predicted molar refractivity (Wildman–Crippen MR) is 120 cm³/mol. The number of pyridine rings is 1. The number of rotatable bonds is 5. The first-order valence-corrected chi connectivity index (χ1v) is 10.5. The third-order valence-electron chi connectivity index (χ3n) is 5.32. The molecule has 3 heterocycles. The number of nitrogens with one attached hydrogen (secondary N) is 2. The van der Waals surface area contributed by atoms with Crippen LogP contribution in [-0.4, -0.2) is 40.2 Å². The summed E-state index contributed by atoms with van der Waals surface area (Å²) in [6.07, 6.45) is 2.46. The van der Waals surface area contributed by atoms with Crippen LogP contribution in [0.25, 0.3) is 11.1 Å². The number of hydrogen-bond acceptors (Lipinski definition) is 6. The molecule has 0 amide bonds. The van der Waals surface area contributed by atoms with Crippen molar-refractivity contribution in [2.45, 2.75) is 38.9 Å². The van der Waals surface area contributed by atoms with E-state index in [1.807, 2.05) is 18.7 Å². The Balaban J connectivity index is 1.61. The lowest BCUT2D eigenvalue weighted by molar-refractivity contribution is -0.00572. The summed E-state index contributed by atoms with van der Waals surface area (Å²) in [5.41, 5.74) is 0.640. The summed E-state index contributed by atoms with van der Waals surface area (Å²) in [5, 5.41) is 2.74. The average molecular weight is 459 g/mol. The molecule has 1 aromatic carbocycles. The number of anilines is 3. The molecule has 2 atom stereocenters. The van der Waals surface area contributed by atoms with Crippen LogP contribution in [-0.2, 0) is 10.7 Å². The summed E-state index contributed by atoms with van der Waals surface area (Å²) in [6.45, 7) is 5.80. The summed E-state index contributed by atoms with van der Waals surface area (Å²) in [4.78, 5) is 25.2. The van der Waals surface area contributed by atoms with E-state index in [1.165, 1.54) is 36.5 Å². The Kier molecular flexibility index (Phi) is 6.11. The van der Waals surface area contributed by atoms with Gasteiger partial charge < -0.3 is 19.9 Å². The van der Waals surface area contributed by atoms with Crippen LogP contribution in [0, 0.1) is 5.82 Å². The Morgan fingerprint density at radius 3 is 2.45 bits per heavy atom. The standard InChI is InChI=1S/C23H24F3N5O2/c1-13-11-31(12-14(2)33-13)22-28-10-18(24)20(30-22)29-19-8-16(9-27-21(19)32)15-4-6-17(7-5-15)23(3,25)26/h4-10,13-14H,11-12H2,1-3H3,(H,27,32)(H,28,29,30)/t13-,14+. The number of alkyl halides is 2. The van der Waals surface area contributed by atoms with Gasteiger partial charge in [-0.1, -0.05) is 24.3 Å². The highest BCUT2D eigenvalue weighted by atomic mass is 19.3. The van der Waals surface area contributed by atoms with Crippen LogP contribution in [0.1, 0.15) is 26.3 Å². The minimum absolute atomic E-state index is 0.0302. The molecule has 0 aliphatic carbocycles. The van der Waals surface area contributed by atoms with E-state index in [-0.39, 0.29) is 29.3 Å². The van der Waals surface area contributed by atoms with Crippen molar-refractivity contribution in [1.82, 2.24) is 15.0 Å². The molecule has 0 saturated carbocycles. The first-order valence-electron chi connectivity index (χ1n) is 10.5. The van der Waals surface area contributed by atoms with Crippen molar-refractivity contribution >= 4 is 17.5 Å². The van der Waals surface area contributed by atoms with Crippen molar-refractivity contribution in [2.24, 2.45) is 0 Å². The van der Waals surface area contributed by atoms with Gasteiger partial charge in [0.1, 0.15) is 5.69 Å². The normalized spacial score (nSPS) is 18.9. The van der Waals surface area contributed by atoms with Crippen molar-refractivity contribution in [3.8, 4) is 11.1 Å². The molecule has 3 aromatic rings. The Labute approximate surface area is 188 Å². The zero-order chi connectivity index (χ0) is 23.8. The lowest BCUT2D eigenvalue weighted by Crippen LogP contribution is -2.46. The number of morpholine rings is 1. The van der Waals surface area contributed by atoms with E-state index in [1.54, 1.807) is 0 Å². The van der Waals surface area contributed by atoms with Crippen LogP contribution in [0.3, 0.4) is 0 Å². The Hall–Kier alpha value is -3.40. The van der Waals surface area contributed by atoms with E-state index in [9.17, 15) is 18.0 Å². The molecule has 2 N–H and O–H groups in total. The smallest absolute Gasteiger partial charge is 0.271 e. The van der Waals surface area contributed by atoms with E-state index < -0.39 is 17.3 Å². The van der Waals surface area contributed by atoms with Gasteiger partial charge in [0.2, 0.25) is 5.95 Å². The molecule has 2 aromatic heterocycles. The van der Waals surface area contributed by atoms with Gasteiger partial charge in [-0.05, 0) is 25.5 Å². The summed E-state index contributed by atoms with van der Waals surface area (Å²) < 4.78 is 47.1. The van der Waals surface area contributed by atoms with Crippen molar-refractivity contribution in [3.63, 3.8) is 0 Å². The van der Waals surface area contributed by atoms with Gasteiger partial charge in [-0.2, -0.15) is 4.98 Å². The van der Waals surface area contributed by atoms with Gasteiger partial charge in [-0.15, -0.1) is 0 Å². The zero-order valence-electron chi connectivity index (χ0n) is 18.4. The number of aromatic amines is 1. The first kappa shape index (κ1) is 22.8. The van der Waals surface area contributed by atoms with Crippen LogP contribution in [0.15, 0.2) is 47.5 Å². The number of H-pyrrole nitrogens is 1. The van der Waals surface area contributed by atoms with Crippen molar-refractivity contribution < 1.29 is 17.9 Å². The lowest BCUT2D eigenvalue weighted by Gasteiger charge is -2.35. The molecule has 4 rings (SSSR count). The second kappa shape index (κ2) is 8.86. The zero-order valence-corrected chi connectivity index (χ0v) is 18.4. The minimum atomic E-state index is -2.95. The van der Waals surface area contributed by atoms with Crippen LogP contribution in [0.2, 0.25) is 0 Å². The molecule has 1 aliphatic heterocycles. The highest BCUT2D eigenvalue weighted by Gasteiger charge is 2.25. The summed E-state index contributed by atoms with van der Waals surface area (Å²) >= 11 is 0. The molecule has 7 nitrogen and oxygen atoms in total. The highest BCUT2D eigenvalue weighted by Crippen LogP contribution is 2.30. The molecule has 10 heteroatoms. The fraction of sp³-hybridized carbons (Fsp3) is 0.348. The molecule has 174 valence electrons. The number of ether oxygens (including phenoxy) is 1. The van der Waals surface area contributed by atoms with E-state index in [0.29, 0.717) is 30.2 Å². The van der Waals surface area contributed by atoms with Gasteiger partial charge in [0, 0.05) is 37.3 Å². The molecule has 1 fully saturated rings. The largest absolute Gasteiger partial charge is 0.372 e. The van der Waals surface area contributed by atoms with E-state index in [0.717, 1.165) is 13.1 Å². The maximum atomic E-state index is 14.5. The first-order chi connectivity index (χ1) is 15.6. The van der Waals surface area contributed by atoms with Gasteiger partial charge in [0.25, 0.3) is 11.5 Å². The summed E-state index contributed by atoms with van der Waals surface area (Å²) in [5.74, 6) is -3.48. The molecule has 1 saturated heterocycles. The number of aromatic nitrogens is 3. The molecule has 1 aliphatic rings. The maximum Gasteiger partial charge on any atom is 0.271 e. The van der Waals surface area contributed by atoms with Crippen LogP contribution < -0.4 is 15.8 Å². The van der Waals surface area contributed by atoms with Gasteiger partial charge >= 0.3 is 0 Å². The third kappa shape index (κ3) is 5.16. The topological polar surface area (TPSA) is 83.1 Å². The molecule has 0 radical (unpaired) electrons. The van der Waals surface area contributed by atoms with Crippen LogP contribution >= 0.6 is 0 Å². The van der Waals surface area contributed by atoms with Crippen molar-refractivity contribution in [2.75, 3.05) is 23.3 Å². The number of benzene rings is 1. The van der Waals surface area contributed by atoms with Gasteiger partial charge in [0.15, 0.2) is 11.6 Å². The average Bonchev–Trinajstić information content (AvgIpc) is 2.75. The molecule has 0 unspecified atom stereocenters. The predicted octanol–water partition coefficient (Wildman–Crippen LogP) is 4.44.